The first-order valence-electron chi connectivity index (χ1n) is 8.70. The van der Waals surface area contributed by atoms with E-state index in [1.165, 1.54) is 90.1 Å². The molecule has 0 amide bonds. The van der Waals surface area contributed by atoms with Crippen LogP contribution in [0.1, 0.15) is 38.5 Å². The fourth-order valence-electron chi connectivity index (χ4n) is 3.91. The monoisotopic (exact) mass is 297 g/mol. The lowest BCUT2D eigenvalue weighted by Crippen LogP contribution is -2.41. The van der Waals surface area contributed by atoms with Crippen LogP contribution in [0.4, 0.5) is 0 Å². The van der Waals surface area contributed by atoms with Gasteiger partial charge in [0.1, 0.15) is 0 Å². The Labute approximate surface area is 128 Å². The maximum atomic E-state index is 3.46. The van der Waals surface area contributed by atoms with Crippen LogP contribution in [0.15, 0.2) is 0 Å². The van der Waals surface area contributed by atoms with Crippen LogP contribution >= 0.6 is 11.8 Å². The van der Waals surface area contributed by atoms with E-state index in [0.29, 0.717) is 0 Å². The number of nitrogens with one attached hydrogen (secondary N) is 1. The third-order valence-corrected chi connectivity index (χ3v) is 6.56. The minimum atomic E-state index is 0.874. The van der Waals surface area contributed by atoms with Gasteiger partial charge in [-0.3, -0.25) is 4.90 Å². The van der Waals surface area contributed by atoms with E-state index >= 15 is 0 Å². The van der Waals surface area contributed by atoms with E-state index in [2.05, 4.69) is 26.9 Å². The van der Waals surface area contributed by atoms with Crippen LogP contribution in [0.2, 0.25) is 0 Å². The predicted molar refractivity (Wildman–Crippen MR) is 88.6 cm³/mol. The van der Waals surface area contributed by atoms with E-state index in [1.54, 1.807) is 0 Å². The fourth-order valence-corrected chi connectivity index (χ4v) is 5.17. The van der Waals surface area contributed by atoms with Gasteiger partial charge in [0.2, 0.25) is 0 Å². The summed E-state index contributed by atoms with van der Waals surface area (Å²) in [4.78, 5) is 5.48. The molecular weight excluding hydrogens is 266 g/mol. The molecule has 0 aromatic rings. The second kappa shape index (κ2) is 8.02. The van der Waals surface area contributed by atoms with Gasteiger partial charge >= 0.3 is 0 Å². The number of hydrogen-bond donors (Lipinski definition) is 1. The molecule has 0 aromatic carbocycles. The Balaban J connectivity index is 1.31. The molecule has 3 aliphatic rings. The van der Waals surface area contributed by atoms with Crippen molar-refractivity contribution in [2.24, 2.45) is 0 Å². The Bertz CT molecular complexity index is 275. The Morgan fingerprint density at radius 3 is 2.55 bits per heavy atom. The van der Waals surface area contributed by atoms with Gasteiger partial charge in [0.05, 0.1) is 0 Å². The highest BCUT2D eigenvalue weighted by atomic mass is 32.2. The van der Waals surface area contributed by atoms with Crippen LogP contribution < -0.4 is 5.32 Å². The molecule has 0 bridgehead atoms. The van der Waals surface area contributed by atoms with Gasteiger partial charge < -0.3 is 10.2 Å². The number of piperidine rings is 2. The van der Waals surface area contributed by atoms with Crippen molar-refractivity contribution in [2.45, 2.75) is 49.8 Å². The van der Waals surface area contributed by atoms with Gasteiger partial charge in [0.25, 0.3) is 0 Å². The van der Waals surface area contributed by atoms with Crippen LogP contribution in [0.5, 0.6) is 0 Å². The lowest BCUT2D eigenvalue weighted by atomic mass is 10.1. The molecule has 0 radical (unpaired) electrons. The Kier molecular flexibility index (Phi) is 6.07. The summed E-state index contributed by atoms with van der Waals surface area (Å²) in [6.07, 6.45) is 8.49. The molecule has 3 nitrogen and oxygen atoms in total. The van der Waals surface area contributed by atoms with Crippen molar-refractivity contribution in [1.29, 1.82) is 0 Å². The Hall–Kier alpha value is 0.230. The van der Waals surface area contributed by atoms with Gasteiger partial charge in [-0.2, -0.15) is 11.8 Å². The number of hydrogen-bond acceptors (Lipinski definition) is 4. The molecule has 0 aliphatic carbocycles. The molecule has 116 valence electrons. The molecule has 1 atom stereocenters. The first kappa shape index (κ1) is 15.1. The molecule has 4 heteroatoms. The SMILES string of the molecule is C1CCN(C2CCN(CCSC3CCNCC3)C2)CC1. The van der Waals surface area contributed by atoms with Gasteiger partial charge in [-0.05, 0) is 64.8 Å². The van der Waals surface area contributed by atoms with Crippen LogP contribution in [0, 0.1) is 0 Å². The van der Waals surface area contributed by atoms with Crippen molar-refractivity contribution >= 4 is 11.8 Å². The second-order valence-electron chi connectivity index (χ2n) is 6.66. The lowest BCUT2D eigenvalue weighted by Gasteiger charge is -2.32. The maximum Gasteiger partial charge on any atom is 0.0235 e. The summed E-state index contributed by atoms with van der Waals surface area (Å²) in [5, 5.41) is 4.39. The summed E-state index contributed by atoms with van der Waals surface area (Å²) in [7, 11) is 0. The molecule has 0 spiro atoms. The fraction of sp³-hybridized carbons (Fsp3) is 1.00. The molecule has 1 N–H and O–H groups in total. The topological polar surface area (TPSA) is 18.5 Å². The molecule has 3 heterocycles. The highest BCUT2D eigenvalue weighted by Crippen LogP contribution is 2.23. The van der Waals surface area contributed by atoms with E-state index < -0.39 is 0 Å². The van der Waals surface area contributed by atoms with E-state index in [1.807, 2.05) is 0 Å². The van der Waals surface area contributed by atoms with Gasteiger partial charge in [-0.1, -0.05) is 6.42 Å². The molecular formula is C16H31N3S. The zero-order chi connectivity index (χ0) is 13.6. The zero-order valence-corrected chi connectivity index (χ0v) is 13.7. The summed E-state index contributed by atoms with van der Waals surface area (Å²) in [5.74, 6) is 1.34. The molecule has 1 unspecified atom stereocenters. The molecule has 0 saturated carbocycles. The molecule has 3 fully saturated rings. The molecule has 3 rings (SSSR count). The van der Waals surface area contributed by atoms with E-state index in [4.69, 9.17) is 0 Å². The minimum Gasteiger partial charge on any atom is -0.317 e. The average molecular weight is 298 g/mol. The van der Waals surface area contributed by atoms with Crippen molar-refractivity contribution in [3.05, 3.63) is 0 Å². The van der Waals surface area contributed by atoms with Gasteiger partial charge in [-0.25, -0.2) is 0 Å². The van der Waals surface area contributed by atoms with E-state index in [-0.39, 0.29) is 0 Å². The number of nitrogens with zero attached hydrogens (tertiary/aromatic N) is 2. The van der Waals surface area contributed by atoms with Crippen LogP contribution in [0.3, 0.4) is 0 Å². The largest absolute Gasteiger partial charge is 0.317 e. The van der Waals surface area contributed by atoms with E-state index in [0.717, 1.165) is 11.3 Å². The van der Waals surface area contributed by atoms with Crippen LogP contribution in [-0.4, -0.2) is 72.7 Å². The van der Waals surface area contributed by atoms with Crippen molar-refractivity contribution in [3.8, 4) is 0 Å². The predicted octanol–water partition coefficient (Wildman–Crippen LogP) is 2.03. The Morgan fingerprint density at radius 1 is 0.950 bits per heavy atom. The summed E-state index contributed by atoms with van der Waals surface area (Å²) < 4.78 is 0. The van der Waals surface area contributed by atoms with Crippen LogP contribution in [-0.2, 0) is 0 Å². The third kappa shape index (κ3) is 4.36. The maximum absolute atomic E-state index is 3.46. The highest BCUT2D eigenvalue weighted by molar-refractivity contribution is 7.99. The summed E-state index contributed by atoms with van der Waals surface area (Å²) in [5.41, 5.74) is 0. The zero-order valence-electron chi connectivity index (χ0n) is 12.9. The first-order valence-corrected chi connectivity index (χ1v) is 9.75. The summed E-state index contributed by atoms with van der Waals surface area (Å²) in [6, 6.07) is 0.874. The summed E-state index contributed by atoms with van der Waals surface area (Å²) in [6.45, 7) is 9.20. The number of thioether (sulfide) groups is 1. The first-order chi connectivity index (χ1) is 9.92. The van der Waals surface area contributed by atoms with Crippen molar-refractivity contribution in [3.63, 3.8) is 0 Å². The molecule has 20 heavy (non-hydrogen) atoms. The smallest absolute Gasteiger partial charge is 0.0235 e. The van der Waals surface area contributed by atoms with Gasteiger partial charge in [-0.15, -0.1) is 0 Å². The van der Waals surface area contributed by atoms with Crippen LogP contribution in [0.25, 0.3) is 0 Å². The van der Waals surface area contributed by atoms with E-state index in [9.17, 15) is 0 Å². The minimum absolute atomic E-state index is 0.874. The second-order valence-corrected chi connectivity index (χ2v) is 8.07. The molecule has 0 aromatic heterocycles. The number of rotatable bonds is 5. The normalized spacial score (nSPS) is 30.9. The molecule has 3 saturated heterocycles. The summed E-state index contributed by atoms with van der Waals surface area (Å²) >= 11 is 2.23. The number of likely N-dealkylation sites (tertiary alicyclic amines) is 2. The Morgan fingerprint density at radius 2 is 1.75 bits per heavy atom. The van der Waals surface area contributed by atoms with Crippen molar-refractivity contribution in [1.82, 2.24) is 15.1 Å². The van der Waals surface area contributed by atoms with Crippen molar-refractivity contribution in [2.75, 3.05) is 51.6 Å². The highest BCUT2D eigenvalue weighted by Gasteiger charge is 2.28. The standard InChI is InChI=1S/C16H31N3S/c1-2-9-19(10-3-1)15-6-11-18(14-15)12-13-20-16-4-7-17-8-5-16/h15-17H,1-14H2. The average Bonchev–Trinajstić information content (AvgIpc) is 2.98. The quantitative estimate of drug-likeness (QED) is 0.836. The third-order valence-electron chi connectivity index (χ3n) is 5.20. The molecule has 3 aliphatic heterocycles. The van der Waals surface area contributed by atoms with Crippen molar-refractivity contribution < 1.29 is 0 Å². The van der Waals surface area contributed by atoms with Gasteiger partial charge in [0.15, 0.2) is 0 Å². The lowest BCUT2D eigenvalue weighted by molar-refractivity contribution is 0.163. The van der Waals surface area contributed by atoms with Gasteiger partial charge in [0, 0.05) is 30.1 Å².